The van der Waals surface area contributed by atoms with E-state index in [9.17, 15) is 0 Å². The predicted molar refractivity (Wildman–Crippen MR) is 76.6 cm³/mol. The summed E-state index contributed by atoms with van der Waals surface area (Å²) in [6.45, 7) is 6.60. The molecule has 0 amide bonds. The second-order valence-corrected chi connectivity index (χ2v) is 5.90. The van der Waals surface area contributed by atoms with Crippen molar-refractivity contribution in [3.8, 4) is 0 Å². The molecular weight excluding hydrogens is 228 g/mol. The van der Waals surface area contributed by atoms with E-state index in [0.717, 1.165) is 5.69 Å². The first-order chi connectivity index (χ1) is 8.12. The van der Waals surface area contributed by atoms with Crippen LogP contribution in [0.15, 0.2) is 5.38 Å². The Morgan fingerprint density at radius 2 is 2.00 bits per heavy atom. The van der Waals surface area contributed by atoms with E-state index in [1.54, 1.807) is 11.3 Å². The minimum atomic E-state index is 0.0607. The summed E-state index contributed by atoms with van der Waals surface area (Å²) in [5.41, 5.74) is 1.20. The van der Waals surface area contributed by atoms with Crippen molar-refractivity contribution in [2.24, 2.45) is 0 Å². The largest absolute Gasteiger partial charge is 0.309 e. The van der Waals surface area contributed by atoms with Crippen molar-refractivity contribution < 1.29 is 0 Å². The summed E-state index contributed by atoms with van der Waals surface area (Å²) in [4.78, 5) is 4.62. The van der Waals surface area contributed by atoms with Crippen LogP contribution in [0.25, 0.3) is 0 Å². The molecule has 0 aliphatic carbocycles. The van der Waals surface area contributed by atoms with Gasteiger partial charge in [-0.1, -0.05) is 39.0 Å². The molecule has 0 aromatic carbocycles. The Hall–Kier alpha value is -0.410. The van der Waals surface area contributed by atoms with Gasteiger partial charge in [-0.05, 0) is 27.3 Å². The molecule has 0 radical (unpaired) electrons. The van der Waals surface area contributed by atoms with Gasteiger partial charge in [0.25, 0.3) is 0 Å². The van der Waals surface area contributed by atoms with E-state index in [1.165, 1.54) is 43.5 Å². The zero-order valence-corrected chi connectivity index (χ0v) is 12.5. The lowest BCUT2D eigenvalue weighted by molar-refractivity contribution is 0.350. The molecule has 1 unspecified atom stereocenters. The van der Waals surface area contributed by atoms with Crippen LogP contribution in [0, 0.1) is 6.92 Å². The van der Waals surface area contributed by atoms with Crippen molar-refractivity contribution in [1.29, 1.82) is 0 Å². The summed E-state index contributed by atoms with van der Waals surface area (Å²) in [5, 5.41) is 6.82. The molecule has 1 aromatic rings. The molecule has 1 N–H and O–H groups in total. The van der Waals surface area contributed by atoms with Gasteiger partial charge in [-0.25, -0.2) is 4.98 Å². The first-order valence-electron chi connectivity index (χ1n) is 6.74. The zero-order chi connectivity index (χ0) is 12.7. The number of hydrogen-bond donors (Lipinski definition) is 1. The molecule has 1 atom stereocenters. The molecular formula is C14H26N2S. The van der Waals surface area contributed by atoms with Gasteiger partial charge in [-0.2, -0.15) is 0 Å². The highest BCUT2D eigenvalue weighted by molar-refractivity contribution is 7.09. The summed E-state index contributed by atoms with van der Waals surface area (Å²) in [6, 6.07) is 0. The molecule has 98 valence electrons. The van der Waals surface area contributed by atoms with E-state index >= 15 is 0 Å². The van der Waals surface area contributed by atoms with Crippen LogP contribution in [-0.2, 0) is 5.54 Å². The van der Waals surface area contributed by atoms with Gasteiger partial charge < -0.3 is 5.32 Å². The number of unbranched alkanes of at least 4 members (excludes halogenated alkanes) is 4. The summed E-state index contributed by atoms with van der Waals surface area (Å²) in [6.07, 6.45) is 7.86. The number of aryl methyl sites for hydroxylation is 1. The fourth-order valence-electron chi connectivity index (χ4n) is 2.03. The highest BCUT2D eigenvalue weighted by atomic mass is 32.1. The molecule has 0 bridgehead atoms. The highest BCUT2D eigenvalue weighted by Crippen LogP contribution is 2.29. The van der Waals surface area contributed by atoms with Crippen LogP contribution in [0.1, 0.15) is 63.1 Å². The lowest BCUT2D eigenvalue weighted by Crippen LogP contribution is -2.36. The number of rotatable bonds is 8. The van der Waals surface area contributed by atoms with Gasteiger partial charge in [0, 0.05) is 11.1 Å². The third-order valence-corrected chi connectivity index (χ3v) is 4.65. The van der Waals surface area contributed by atoms with E-state index in [2.05, 4.69) is 36.5 Å². The molecule has 1 aromatic heterocycles. The van der Waals surface area contributed by atoms with Gasteiger partial charge in [0.2, 0.25) is 0 Å². The lowest BCUT2D eigenvalue weighted by atomic mass is 9.95. The Kier molecular flexibility index (Phi) is 6.14. The van der Waals surface area contributed by atoms with E-state index in [-0.39, 0.29) is 5.54 Å². The minimum Gasteiger partial charge on any atom is -0.309 e. The second-order valence-electron chi connectivity index (χ2n) is 5.04. The average molecular weight is 254 g/mol. The monoisotopic (exact) mass is 254 g/mol. The van der Waals surface area contributed by atoms with Crippen molar-refractivity contribution in [3.05, 3.63) is 16.1 Å². The van der Waals surface area contributed by atoms with Gasteiger partial charge >= 0.3 is 0 Å². The Morgan fingerprint density at radius 1 is 1.29 bits per heavy atom. The highest BCUT2D eigenvalue weighted by Gasteiger charge is 2.26. The summed E-state index contributed by atoms with van der Waals surface area (Å²) < 4.78 is 0. The average Bonchev–Trinajstić information content (AvgIpc) is 2.76. The van der Waals surface area contributed by atoms with Crippen molar-refractivity contribution in [3.63, 3.8) is 0 Å². The van der Waals surface area contributed by atoms with Crippen LogP contribution in [-0.4, -0.2) is 12.0 Å². The maximum atomic E-state index is 4.62. The molecule has 1 heterocycles. The first kappa shape index (κ1) is 14.7. The fraction of sp³-hybridized carbons (Fsp3) is 0.786. The fourth-order valence-corrected chi connectivity index (χ4v) is 3.02. The topological polar surface area (TPSA) is 24.9 Å². The van der Waals surface area contributed by atoms with Crippen LogP contribution >= 0.6 is 11.3 Å². The Balaban J connectivity index is 2.46. The lowest BCUT2D eigenvalue weighted by Gasteiger charge is -2.27. The number of nitrogens with one attached hydrogen (secondary N) is 1. The second kappa shape index (κ2) is 7.12. The Labute approximate surface area is 110 Å². The Bertz CT molecular complexity index is 322. The van der Waals surface area contributed by atoms with Gasteiger partial charge in [0.15, 0.2) is 0 Å². The molecule has 0 aliphatic heterocycles. The smallest absolute Gasteiger partial charge is 0.113 e. The number of thiazole rings is 1. The molecule has 3 heteroatoms. The SMILES string of the molecule is CCCCCCCC(C)(NC)c1nc(C)cs1. The normalized spacial score (nSPS) is 14.8. The van der Waals surface area contributed by atoms with Crippen molar-refractivity contribution >= 4 is 11.3 Å². The van der Waals surface area contributed by atoms with Crippen LogP contribution in [0.4, 0.5) is 0 Å². The number of hydrogen-bond acceptors (Lipinski definition) is 3. The molecule has 2 nitrogen and oxygen atoms in total. The van der Waals surface area contributed by atoms with Crippen molar-refractivity contribution in [2.75, 3.05) is 7.05 Å². The Morgan fingerprint density at radius 3 is 2.53 bits per heavy atom. The summed E-state index contributed by atoms with van der Waals surface area (Å²) >= 11 is 1.78. The van der Waals surface area contributed by atoms with E-state index in [4.69, 9.17) is 0 Å². The maximum Gasteiger partial charge on any atom is 0.113 e. The van der Waals surface area contributed by atoms with Crippen LogP contribution < -0.4 is 5.32 Å². The van der Waals surface area contributed by atoms with E-state index in [0.29, 0.717) is 0 Å². The predicted octanol–water partition coefficient (Wildman–Crippen LogP) is 4.25. The molecule has 0 saturated carbocycles. The minimum absolute atomic E-state index is 0.0607. The summed E-state index contributed by atoms with van der Waals surface area (Å²) in [7, 11) is 2.04. The van der Waals surface area contributed by atoms with Crippen molar-refractivity contribution in [1.82, 2.24) is 10.3 Å². The third kappa shape index (κ3) is 4.40. The van der Waals surface area contributed by atoms with Gasteiger partial charge in [-0.15, -0.1) is 11.3 Å². The first-order valence-corrected chi connectivity index (χ1v) is 7.62. The summed E-state index contributed by atoms with van der Waals surface area (Å²) in [5.74, 6) is 0. The van der Waals surface area contributed by atoms with Crippen LogP contribution in [0.2, 0.25) is 0 Å². The molecule has 0 saturated heterocycles. The number of aromatic nitrogens is 1. The van der Waals surface area contributed by atoms with Crippen LogP contribution in [0.5, 0.6) is 0 Å². The maximum absolute atomic E-state index is 4.62. The van der Waals surface area contributed by atoms with E-state index in [1.807, 2.05) is 7.05 Å². The number of nitrogens with zero attached hydrogens (tertiary/aromatic N) is 1. The van der Waals surface area contributed by atoms with Crippen LogP contribution in [0.3, 0.4) is 0 Å². The van der Waals surface area contributed by atoms with Gasteiger partial charge in [-0.3, -0.25) is 0 Å². The standard InChI is InChI=1S/C14H26N2S/c1-5-6-7-8-9-10-14(3,15-4)13-16-12(2)11-17-13/h11,15H,5-10H2,1-4H3. The molecule has 1 rings (SSSR count). The van der Waals surface area contributed by atoms with Gasteiger partial charge in [0.05, 0.1) is 5.54 Å². The molecule has 0 aliphatic rings. The van der Waals surface area contributed by atoms with Crippen molar-refractivity contribution in [2.45, 2.75) is 64.8 Å². The molecule has 0 fully saturated rings. The third-order valence-electron chi connectivity index (χ3n) is 3.42. The molecule has 17 heavy (non-hydrogen) atoms. The molecule has 0 spiro atoms. The van der Waals surface area contributed by atoms with E-state index < -0.39 is 0 Å². The van der Waals surface area contributed by atoms with Gasteiger partial charge in [0.1, 0.15) is 5.01 Å². The zero-order valence-electron chi connectivity index (χ0n) is 11.7. The quantitative estimate of drug-likeness (QED) is 0.702.